The monoisotopic (exact) mass is 308 g/mol. The van der Waals surface area contributed by atoms with Gasteiger partial charge in [0.05, 0.1) is 22.8 Å². The van der Waals surface area contributed by atoms with Crippen LogP contribution in [0.3, 0.4) is 0 Å². The van der Waals surface area contributed by atoms with Crippen molar-refractivity contribution in [2.24, 2.45) is 0 Å². The number of amides is 1. The lowest BCUT2D eigenvalue weighted by Gasteiger charge is -2.21. The minimum absolute atomic E-state index is 0.105. The van der Waals surface area contributed by atoms with Gasteiger partial charge in [-0.25, -0.2) is 0 Å². The van der Waals surface area contributed by atoms with Crippen LogP contribution in [0.15, 0.2) is 18.2 Å². The summed E-state index contributed by atoms with van der Waals surface area (Å²) in [5.41, 5.74) is -1.69. The number of hydrogen-bond acceptors (Lipinski definition) is 2. The summed E-state index contributed by atoms with van der Waals surface area (Å²) in [5, 5.41) is 4.94. The van der Waals surface area contributed by atoms with Crippen LogP contribution in [0.25, 0.3) is 0 Å². The minimum Gasteiger partial charge on any atom is -0.323 e. The fourth-order valence-electron chi connectivity index (χ4n) is 1.42. The maximum atomic E-state index is 12.8. The SMILES string of the molecule is CC(C)(C)NCC(=O)Nc1c(Cl)cccc1C(F)(F)F. The van der Waals surface area contributed by atoms with Crippen molar-refractivity contribution in [1.82, 2.24) is 5.32 Å². The van der Waals surface area contributed by atoms with Gasteiger partial charge in [-0.2, -0.15) is 13.2 Å². The number of nitrogens with one attached hydrogen (secondary N) is 2. The second kappa shape index (κ2) is 6.01. The van der Waals surface area contributed by atoms with E-state index in [1.54, 1.807) is 0 Å². The summed E-state index contributed by atoms with van der Waals surface area (Å²) >= 11 is 5.73. The number of carbonyl (C=O) groups is 1. The molecule has 0 aromatic heterocycles. The molecule has 0 fully saturated rings. The first-order chi connectivity index (χ1) is 9.00. The molecule has 0 aliphatic heterocycles. The Labute approximate surface area is 120 Å². The van der Waals surface area contributed by atoms with E-state index in [1.165, 1.54) is 12.1 Å². The molecule has 0 spiro atoms. The molecule has 1 rings (SSSR count). The van der Waals surface area contributed by atoms with Gasteiger partial charge in [0.2, 0.25) is 5.91 Å². The lowest BCUT2D eigenvalue weighted by atomic mass is 10.1. The zero-order chi connectivity index (χ0) is 15.6. The average molecular weight is 309 g/mol. The predicted molar refractivity (Wildman–Crippen MR) is 72.8 cm³/mol. The molecule has 3 nitrogen and oxygen atoms in total. The molecule has 0 heterocycles. The first-order valence-corrected chi connectivity index (χ1v) is 6.29. The summed E-state index contributed by atoms with van der Waals surface area (Å²) < 4.78 is 38.5. The quantitative estimate of drug-likeness (QED) is 0.894. The maximum absolute atomic E-state index is 12.8. The summed E-state index contributed by atoms with van der Waals surface area (Å²) in [6.07, 6.45) is -4.58. The number of alkyl halides is 3. The topological polar surface area (TPSA) is 41.1 Å². The van der Waals surface area contributed by atoms with E-state index in [0.29, 0.717) is 0 Å². The number of para-hydroxylation sites is 1. The van der Waals surface area contributed by atoms with E-state index in [9.17, 15) is 18.0 Å². The zero-order valence-corrected chi connectivity index (χ0v) is 12.1. The van der Waals surface area contributed by atoms with E-state index in [4.69, 9.17) is 11.6 Å². The van der Waals surface area contributed by atoms with E-state index in [-0.39, 0.29) is 17.1 Å². The number of benzene rings is 1. The first kappa shape index (κ1) is 16.8. The predicted octanol–water partition coefficient (Wildman–Crippen LogP) is 3.69. The van der Waals surface area contributed by atoms with E-state index in [2.05, 4.69) is 10.6 Å². The molecule has 7 heteroatoms. The molecule has 20 heavy (non-hydrogen) atoms. The fraction of sp³-hybridized carbons (Fsp3) is 0.462. The molecule has 0 unspecified atom stereocenters. The zero-order valence-electron chi connectivity index (χ0n) is 11.4. The van der Waals surface area contributed by atoms with Gasteiger partial charge in [-0.3, -0.25) is 4.79 Å². The molecular formula is C13H16ClF3N2O. The Balaban J connectivity index is 2.90. The Kier molecular flexibility index (Phi) is 5.05. The van der Waals surface area contributed by atoms with Crippen LogP contribution >= 0.6 is 11.6 Å². The third-order valence-corrected chi connectivity index (χ3v) is 2.68. The number of rotatable bonds is 3. The molecule has 1 aromatic rings. The largest absolute Gasteiger partial charge is 0.418 e. The summed E-state index contributed by atoms with van der Waals surface area (Å²) in [4.78, 5) is 11.7. The van der Waals surface area contributed by atoms with Gasteiger partial charge in [-0.1, -0.05) is 17.7 Å². The van der Waals surface area contributed by atoms with Gasteiger partial charge in [0.1, 0.15) is 0 Å². The van der Waals surface area contributed by atoms with E-state index >= 15 is 0 Å². The number of anilines is 1. The molecular weight excluding hydrogens is 293 g/mol. The Morgan fingerprint density at radius 3 is 2.35 bits per heavy atom. The summed E-state index contributed by atoms with van der Waals surface area (Å²) in [7, 11) is 0. The van der Waals surface area contributed by atoms with Crippen molar-refractivity contribution < 1.29 is 18.0 Å². The molecule has 1 amide bonds. The normalized spacial score (nSPS) is 12.3. The van der Waals surface area contributed by atoms with Gasteiger partial charge in [-0.05, 0) is 32.9 Å². The number of hydrogen-bond donors (Lipinski definition) is 2. The molecule has 0 saturated carbocycles. The van der Waals surface area contributed by atoms with Gasteiger partial charge < -0.3 is 10.6 Å². The molecule has 1 aromatic carbocycles. The van der Waals surface area contributed by atoms with Crippen LogP contribution in [0.1, 0.15) is 26.3 Å². The lowest BCUT2D eigenvalue weighted by molar-refractivity contribution is -0.137. The van der Waals surface area contributed by atoms with E-state index < -0.39 is 23.3 Å². The Morgan fingerprint density at radius 1 is 1.25 bits per heavy atom. The van der Waals surface area contributed by atoms with Crippen molar-refractivity contribution in [1.29, 1.82) is 0 Å². The Bertz CT molecular complexity index is 495. The van der Waals surface area contributed by atoms with Crippen molar-refractivity contribution in [2.45, 2.75) is 32.5 Å². The lowest BCUT2D eigenvalue weighted by Crippen LogP contribution is -2.41. The highest BCUT2D eigenvalue weighted by atomic mass is 35.5. The third-order valence-electron chi connectivity index (χ3n) is 2.36. The smallest absolute Gasteiger partial charge is 0.323 e. The molecule has 0 bridgehead atoms. The highest BCUT2D eigenvalue weighted by molar-refractivity contribution is 6.34. The molecule has 0 aliphatic rings. The summed E-state index contributed by atoms with van der Waals surface area (Å²) in [6.45, 7) is 5.43. The van der Waals surface area contributed by atoms with Crippen LogP contribution < -0.4 is 10.6 Å². The van der Waals surface area contributed by atoms with Crippen molar-refractivity contribution in [3.63, 3.8) is 0 Å². The van der Waals surface area contributed by atoms with E-state index in [0.717, 1.165) is 6.07 Å². The highest BCUT2D eigenvalue weighted by Crippen LogP contribution is 2.38. The first-order valence-electron chi connectivity index (χ1n) is 5.91. The van der Waals surface area contributed by atoms with Crippen LogP contribution in [0.2, 0.25) is 5.02 Å². The molecule has 0 radical (unpaired) electrons. The van der Waals surface area contributed by atoms with Crippen molar-refractivity contribution >= 4 is 23.2 Å². The maximum Gasteiger partial charge on any atom is 0.418 e. The second-order valence-corrected chi connectivity index (χ2v) is 5.72. The second-order valence-electron chi connectivity index (χ2n) is 5.31. The van der Waals surface area contributed by atoms with Crippen molar-refractivity contribution in [3.05, 3.63) is 28.8 Å². The molecule has 112 valence electrons. The summed E-state index contributed by atoms with van der Waals surface area (Å²) in [6, 6.07) is 3.36. The van der Waals surface area contributed by atoms with Crippen LogP contribution in [0, 0.1) is 0 Å². The molecule has 0 atom stereocenters. The highest BCUT2D eigenvalue weighted by Gasteiger charge is 2.34. The van der Waals surface area contributed by atoms with Gasteiger partial charge >= 0.3 is 6.18 Å². The third kappa shape index (κ3) is 5.02. The fourth-order valence-corrected chi connectivity index (χ4v) is 1.64. The standard InChI is InChI=1S/C13H16ClF3N2O/c1-12(2,3)18-7-10(20)19-11-8(13(15,16)17)5-4-6-9(11)14/h4-6,18H,7H2,1-3H3,(H,19,20). The minimum atomic E-state index is -4.58. The number of halogens is 4. The van der Waals surface area contributed by atoms with Crippen LogP contribution in [-0.4, -0.2) is 18.0 Å². The van der Waals surface area contributed by atoms with Gasteiger partial charge in [0, 0.05) is 5.54 Å². The van der Waals surface area contributed by atoms with Crippen molar-refractivity contribution in [3.8, 4) is 0 Å². The Morgan fingerprint density at radius 2 is 1.85 bits per heavy atom. The molecule has 0 saturated heterocycles. The molecule has 0 aliphatic carbocycles. The van der Waals surface area contributed by atoms with Gasteiger partial charge in [-0.15, -0.1) is 0 Å². The van der Waals surface area contributed by atoms with Gasteiger partial charge in [0.25, 0.3) is 0 Å². The average Bonchev–Trinajstić information content (AvgIpc) is 2.27. The van der Waals surface area contributed by atoms with E-state index in [1.807, 2.05) is 20.8 Å². The van der Waals surface area contributed by atoms with Crippen molar-refractivity contribution in [2.75, 3.05) is 11.9 Å². The van der Waals surface area contributed by atoms with Crippen LogP contribution in [-0.2, 0) is 11.0 Å². The van der Waals surface area contributed by atoms with Crippen LogP contribution in [0.4, 0.5) is 18.9 Å². The summed E-state index contributed by atoms with van der Waals surface area (Å²) in [5.74, 6) is -0.585. The Hall–Kier alpha value is -1.27. The van der Waals surface area contributed by atoms with Crippen LogP contribution in [0.5, 0.6) is 0 Å². The number of carbonyl (C=O) groups excluding carboxylic acids is 1. The molecule has 2 N–H and O–H groups in total. The van der Waals surface area contributed by atoms with Gasteiger partial charge in [0.15, 0.2) is 0 Å².